The molecule has 0 aliphatic heterocycles. The van der Waals surface area contributed by atoms with Gasteiger partial charge in [0.05, 0.1) is 26.5 Å². The highest BCUT2D eigenvalue weighted by atomic mass is 35.5. The highest BCUT2D eigenvalue weighted by Gasteiger charge is 2.14. The van der Waals surface area contributed by atoms with E-state index in [0.717, 1.165) is 6.07 Å². The van der Waals surface area contributed by atoms with Crippen LogP contribution in [0.25, 0.3) is 0 Å². The van der Waals surface area contributed by atoms with Crippen LogP contribution in [0.4, 0.5) is 14.5 Å². The molecule has 0 aliphatic carbocycles. The van der Waals surface area contributed by atoms with E-state index in [9.17, 15) is 13.0 Å². The molecule has 0 radical (unpaired) electrons. The molecule has 0 aliphatic rings. The zero-order valence-electron chi connectivity index (χ0n) is 9.70. The van der Waals surface area contributed by atoms with Gasteiger partial charge in [-0.05, 0) is 24.3 Å². The van der Waals surface area contributed by atoms with Gasteiger partial charge in [-0.2, -0.15) is 0 Å². The first-order chi connectivity index (χ1) is 8.99. The fourth-order valence-electron chi connectivity index (χ4n) is 1.57. The summed E-state index contributed by atoms with van der Waals surface area (Å²) in [6, 6.07) is 8.32. The summed E-state index contributed by atoms with van der Waals surface area (Å²) >= 11 is 5.91. The fourth-order valence-corrected chi connectivity index (χ4v) is 3.16. The Kier molecular flexibility index (Phi) is 4.17. The maximum Gasteiger partial charge on any atom is 0.162 e. The molecule has 2 nitrogen and oxygen atoms in total. The smallest absolute Gasteiger partial charge is 0.162 e. The summed E-state index contributed by atoms with van der Waals surface area (Å²) in [4.78, 5) is 0.310. The first-order valence-electron chi connectivity index (χ1n) is 5.35. The number of rotatable bonds is 3. The van der Waals surface area contributed by atoms with Gasteiger partial charge in [0, 0.05) is 11.3 Å². The molecule has 2 aromatic rings. The van der Waals surface area contributed by atoms with E-state index in [0.29, 0.717) is 10.6 Å². The van der Waals surface area contributed by atoms with E-state index in [2.05, 4.69) is 0 Å². The summed E-state index contributed by atoms with van der Waals surface area (Å²) in [5, 5.41) is 0.282. The number of hydrogen-bond donors (Lipinski definition) is 1. The molecule has 6 heteroatoms. The molecular weight excluding hydrogens is 292 g/mol. The van der Waals surface area contributed by atoms with Gasteiger partial charge in [-0.25, -0.2) is 8.78 Å². The minimum Gasteiger partial charge on any atom is -0.399 e. The quantitative estimate of drug-likeness (QED) is 0.882. The lowest BCUT2D eigenvalue weighted by Gasteiger charge is -2.07. The molecule has 0 bridgehead atoms. The van der Waals surface area contributed by atoms with Crippen LogP contribution in [0.1, 0.15) is 5.56 Å². The lowest BCUT2D eigenvalue weighted by molar-refractivity contribution is 0.502. The van der Waals surface area contributed by atoms with Crippen LogP contribution in [0.3, 0.4) is 0 Å². The van der Waals surface area contributed by atoms with Crippen LogP contribution in [0, 0.1) is 11.6 Å². The molecule has 0 amide bonds. The Morgan fingerprint density at radius 3 is 2.68 bits per heavy atom. The highest BCUT2D eigenvalue weighted by molar-refractivity contribution is 7.84. The Balaban J connectivity index is 2.31. The van der Waals surface area contributed by atoms with Gasteiger partial charge in [0.25, 0.3) is 0 Å². The molecule has 0 spiro atoms. The summed E-state index contributed by atoms with van der Waals surface area (Å²) in [5.41, 5.74) is 6.03. The number of benzene rings is 2. The highest BCUT2D eigenvalue weighted by Crippen LogP contribution is 2.25. The number of nitrogens with two attached hydrogens (primary N) is 1. The summed E-state index contributed by atoms with van der Waals surface area (Å²) in [7, 11) is -1.59. The van der Waals surface area contributed by atoms with E-state index >= 15 is 0 Å². The first-order valence-corrected chi connectivity index (χ1v) is 7.05. The monoisotopic (exact) mass is 301 g/mol. The maximum absolute atomic E-state index is 13.5. The van der Waals surface area contributed by atoms with Crippen LogP contribution in [-0.4, -0.2) is 4.21 Å². The molecule has 2 N–H and O–H groups in total. The molecule has 2 aromatic carbocycles. The molecule has 0 saturated heterocycles. The fraction of sp³-hybridized carbons (Fsp3) is 0.0769. The van der Waals surface area contributed by atoms with Gasteiger partial charge in [-0.15, -0.1) is 0 Å². The predicted molar refractivity (Wildman–Crippen MR) is 72.3 cm³/mol. The van der Waals surface area contributed by atoms with Crippen molar-refractivity contribution >= 4 is 28.1 Å². The van der Waals surface area contributed by atoms with Gasteiger partial charge in [-0.3, -0.25) is 4.21 Å². The SMILES string of the molecule is Nc1ccc(Cl)c(S(=O)Cc2cccc(F)c2F)c1. The summed E-state index contributed by atoms with van der Waals surface area (Å²) in [5.74, 6) is -2.11. The Labute approximate surface area is 116 Å². The third kappa shape index (κ3) is 3.11. The maximum atomic E-state index is 13.5. The summed E-state index contributed by atoms with van der Waals surface area (Å²) in [6.45, 7) is 0. The average Bonchev–Trinajstić information content (AvgIpc) is 2.38. The largest absolute Gasteiger partial charge is 0.399 e. The molecule has 0 fully saturated rings. The van der Waals surface area contributed by atoms with Crippen molar-refractivity contribution in [2.45, 2.75) is 10.6 Å². The molecule has 0 saturated carbocycles. The third-order valence-electron chi connectivity index (χ3n) is 2.52. The molecule has 0 heterocycles. The topological polar surface area (TPSA) is 43.1 Å². The Hall–Kier alpha value is -1.46. The van der Waals surface area contributed by atoms with Crippen molar-refractivity contribution in [3.05, 3.63) is 58.6 Å². The number of anilines is 1. The minimum absolute atomic E-state index is 0.0387. The van der Waals surface area contributed by atoms with Crippen molar-refractivity contribution in [1.29, 1.82) is 0 Å². The van der Waals surface area contributed by atoms with Crippen LogP contribution < -0.4 is 5.73 Å². The van der Waals surface area contributed by atoms with E-state index < -0.39 is 22.4 Å². The lowest BCUT2D eigenvalue weighted by Crippen LogP contribution is -2.02. The van der Waals surface area contributed by atoms with Crippen molar-refractivity contribution in [3.8, 4) is 0 Å². The van der Waals surface area contributed by atoms with Crippen molar-refractivity contribution in [2.75, 3.05) is 5.73 Å². The Morgan fingerprint density at radius 1 is 1.21 bits per heavy atom. The van der Waals surface area contributed by atoms with Crippen LogP contribution in [-0.2, 0) is 16.6 Å². The van der Waals surface area contributed by atoms with Crippen molar-refractivity contribution in [1.82, 2.24) is 0 Å². The van der Waals surface area contributed by atoms with Gasteiger partial charge in [0.15, 0.2) is 11.6 Å². The van der Waals surface area contributed by atoms with Crippen LogP contribution in [0.2, 0.25) is 5.02 Å². The lowest BCUT2D eigenvalue weighted by atomic mass is 10.2. The van der Waals surface area contributed by atoms with E-state index in [4.69, 9.17) is 17.3 Å². The van der Waals surface area contributed by atoms with Crippen LogP contribution >= 0.6 is 11.6 Å². The van der Waals surface area contributed by atoms with Gasteiger partial charge in [0.1, 0.15) is 0 Å². The van der Waals surface area contributed by atoms with Crippen molar-refractivity contribution < 1.29 is 13.0 Å². The van der Waals surface area contributed by atoms with Gasteiger partial charge in [-0.1, -0.05) is 23.7 Å². The van der Waals surface area contributed by atoms with Crippen molar-refractivity contribution in [3.63, 3.8) is 0 Å². The second-order valence-electron chi connectivity index (χ2n) is 3.89. The minimum atomic E-state index is -1.59. The molecular formula is C13H10ClF2NOS. The van der Waals surface area contributed by atoms with E-state index in [1.807, 2.05) is 0 Å². The van der Waals surface area contributed by atoms with Gasteiger partial charge >= 0.3 is 0 Å². The second kappa shape index (κ2) is 5.67. The molecule has 100 valence electrons. The van der Waals surface area contributed by atoms with E-state index in [1.165, 1.54) is 24.3 Å². The van der Waals surface area contributed by atoms with Crippen LogP contribution in [0.5, 0.6) is 0 Å². The zero-order valence-corrected chi connectivity index (χ0v) is 11.3. The number of hydrogen-bond acceptors (Lipinski definition) is 2. The zero-order chi connectivity index (χ0) is 14.0. The van der Waals surface area contributed by atoms with E-state index in [1.54, 1.807) is 6.07 Å². The molecule has 0 aromatic heterocycles. The van der Waals surface area contributed by atoms with Gasteiger partial charge in [0.2, 0.25) is 0 Å². The van der Waals surface area contributed by atoms with E-state index in [-0.39, 0.29) is 16.3 Å². The molecule has 2 rings (SSSR count). The third-order valence-corrected chi connectivity index (χ3v) is 4.36. The predicted octanol–water partition coefficient (Wildman–Crippen LogP) is 3.51. The van der Waals surface area contributed by atoms with Gasteiger partial charge < -0.3 is 5.73 Å². The Morgan fingerprint density at radius 2 is 1.95 bits per heavy atom. The molecule has 1 atom stereocenters. The average molecular weight is 302 g/mol. The van der Waals surface area contributed by atoms with Crippen molar-refractivity contribution in [2.24, 2.45) is 0 Å². The van der Waals surface area contributed by atoms with Crippen LogP contribution in [0.15, 0.2) is 41.3 Å². The standard InChI is InChI=1S/C13H10ClF2NOS/c14-10-5-4-9(17)6-12(10)19(18)7-8-2-1-3-11(15)13(8)16/h1-6H,7,17H2. The first kappa shape index (κ1) is 14.0. The second-order valence-corrected chi connectivity index (χ2v) is 5.72. The molecule has 19 heavy (non-hydrogen) atoms. The number of nitrogen functional groups attached to an aromatic ring is 1. The summed E-state index contributed by atoms with van der Waals surface area (Å²) in [6.07, 6.45) is 0. The summed E-state index contributed by atoms with van der Waals surface area (Å²) < 4.78 is 38.7. The molecule has 1 unspecified atom stereocenters. The Bertz CT molecular complexity index is 649. The normalized spacial score (nSPS) is 12.4. The number of halogens is 3.